The lowest BCUT2D eigenvalue weighted by Crippen LogP contribution is -2.25. The van der Waals surface area contributed by atoms with Gasteiger partial charge in [0.2, 0.25) is 6.79 Å². The molecule has 1 amide bonds. The average molecular weight is 483 g/mol. The van der Waals surface area contributed by atoms with Crippen molar-refractivity contribution in [3.8, 4) is 23.0 Å². The highest BCUT2D eigenvalue weighted by Gasteiger charge is 2.13. The van der Waals surface area contributed by atoms with E-state index in [4.69, 9.17) is 14.2 Å². The summed E-state index contributed by atoms with van der Waals surface area (Å²) in [6.45, 7) is 2.52. The van der Waals surface area contributed by atoms with E-state index < -0.39 is 0 Å². The molecule has 0 saturated heterocycles. The van der Waals surface area contributed by atoms with Crippen LogP contribution in [0.2, 0.25) is 0 Å². The molecule has 2 aromatic rings. The van der Waals surface area contributed by atoms with Crippen LogP contribution in [0.1, 0.15) is 12.5 Å². The molecule has 0 fully saturated rings. The second-order valence-electron chi connectivity index (χ2n) is 5.50. The molecule has 0 unspecified atom stereocenters. The molecular weight excluding hydrogens is 465 g/mol. The number of fused-ring (bicyclic) bond motifs is 1. The summed E-state index contributed by atoms with van der Waals surface area (Å²) in [5.41, 5.74) is 3.89. The monoisotopic (exact) mass is 483 g/mol. The topological polar surface area (TPSA) is 101 Å². The van der Waals surface area contributed by atoms with Gasteiger partial charge >= 0.3 is 0 Å². The molecule has 142 valence electrons. The maximum absolute atomic E-state index is 11.9. The van der Waals surface area contributed by atoms with Gasteiger partial charge in [-0.15, -0.1) is 0 Å². The molecule has 0 aromatic heterocycles. The van der Waals surface area contributed by atoms with Crippen molar-refractivity contribution in [2.45, 2.75) is 6.92 Å². The second kappa shape index (κ2) is 8.80. The number of rotatable bonds is 7. The van der Waals surface area contributed by atoms with Crippen LogP contribution in [0.15, 0.2) is 35.4 Å². The third-order valence-electron chi connectivity index (χ3n) is 3.58. The minimum atomic E-state index is -0.303. The largest absolute Gasteiger partial charge is 0.504 e. The quantitative estimate of drug-likeness (QED) is 0.318. The van der Waals surface area contributed by atoms with Crippen molar-refractivity contribution in [1.82, 2.24) is 5.43 Å². The van der Waals surface area contributed by atoms with Gasteiger partial charge in [-0.05, 0) is 59.3 Å². The Bertz CT molecular complexity index is 872. The van der Waals surface area contributed by atoms with Crippen LogP contribution in [0.4, 0.5) is 5.69 Å². The fourth-order valence-electron chi connectivity index (χ4n) is 2.34. The molecule has 9 heteroatoms. The number of phenols is 1. The van der Waals surface area contributed by atoms with Crippen LogP contribution in [-0.2, 0) is 4.79 Å². The maximum Gasteiger partial charge on any atom is 0.259 e. The molecule has 0 saturated carbocycles. The Morgan fingerprint density at radius 3 is 2.96 bits per heavy atom. The Balaban J connectivity index is 1.53. The number of ether oxygens (including phenoxy) is 3. The van der Waals surface area contributed by atoms with Gasteiger partial charge in [-0.2, -0.15) is 5.10 Å². The fourth-order valence-corrected chi connectivity index (χ4v) is 2.97. The van der Waals surface area contributed by atoms with E-state index in [0.29, 0.717) is 33.0 Å². The van der Waals surface area contributed by atoms with E-state index in [1.54, 1.807) is 30.3 Å². The molecule has 8 nitrogen and oxygen atoms in total. The van der Waals surface area contributed by atoms with Crippen molar-refractivity contribution in [2.75, 3.05) is 25.3 Å². The molecule has 0 radical (unpaired) electrons. The summed E-state index contributed by atoms with van der Waals surface area (Å²) in [5, 5.41) is 16.9. The number of phenolic OH excluding ortho intramolecular Hbond substituents is 1. The number of aromatic hydroxyl groups is 1. The molecule has 3 N–H and O–H groups in total. The van der Waals surface area contributed by atoms with E-state index in [9.17, 15) is 9.90 Å². The summed E-state index contributed by atoms with van der Waals surface area (Å²) in [5.74, 6) is 1.49. The van der Waals surface area contributed by atoms with Crippen LogP contribution in [0.3, 0.4) is 0 Å². The van der Waals surface area contributed by atoms with Gasteiger partial charge in [0.1, 0.15) is 0 Å². The number of benzene rings is 2. The second-order valence-corrected chi connectivity index (χ2v) is 6.66. The third-order valence-corrected chi connectivity index (χ3v) is 4.40. The number of carbonyl (C=O) groups is 1. The lowest BCUT2D eigenvalue weighted by molar-refractivity contribution is -0.119. The molecular formula is C18H18IN3O5. The van der Waals surface area contributed by atoms with Gasteiger partial charge in [0.05, 0.1) is 22.9 Å². The van der Waals surface area contributed by atoms with Gasteiger partial charge in [-0.1, -0.05) is 0 Å². The highest BCUT2D eigenvalue weighted by atomic mass is 127. The van der Waals surface area contributed by atoms with Crippen LogP contribution in [0.25, 0.3) is 0 Å². The minimum Gasteiger partial charge on any atom is -0.504 e. The van der Waals surface area contributed by atoms with Crippen LogP contribution >= 0.6 is 22.6 Å². The van der Waals surface area contributed by atoms with Crippen LogP contribution in [0.5, 0.6) is 23.0 Å². The third kappa shape index (κ3) is 4.94. The first kappa shape index (κ1) is 19.1. The Hall–Kier alpha value is -2.69. The van der Waals surface area contributed by atoms with Crippen molar-refractivity contribution in [1.29, 1.82) is 0 Å². The van der Waals surface area contributed by atoms with Gasteiger partial charge < -0.3 is 24.6 Å². The van der Waals surface area contributed by atoms with E-state index in [-0.39, 0.29) is 25.0 Å². The predicted molar refractivity (Wildman–Crippen MR) is 109 cm³/mol. The first-order valence-electron chi connectivity index (χ1n) is 8.17. The van der Waals surface area contributed by atoms with E-state index in [2.05, 4.69) is 15.8 Å². The SMILES string of the molecule is CCOc1cc(C=NNC(=O)CNc2ccc3c(c2)OCO3)cc(I)c1O. The van der Waals surface area contributed by atoms with Crippen molar-refractivity contribution in [3.63, 3.8) is 0 Å². The molecule has 1 aliphatic heterocycles. The Labute approximate surface area is 169 Å². The molecule has 0 atom stereocenters. The number of nitrogens with one attached hydrogen (secondary N) is 2. The fraction of sp³-hybridized carbons (Fsp3) is 0.222. The molecule has 1 aliphatic rings. The zero-order valence-electron chi connectivity index (χ0n) is 14.5. The lowest BCUT2D eigenvalue weighted by atomic mass is 10.2. The van der Waals surface area contributed by atoms with E-state index in [0.717, 1.165) is 5.69 Å². The van der Waals surface area contributed by atoms with Crippen LogP contribution in [-0.4, -0.2) is 37.2 Å². The Morgan fingerprint density at radius 1 is 1.33 bits per heavy atom. The number of carbonyl (C=O) groups excluding carboxylic acids is 1. The van der Waals surface area contributed by atoms with Crippen molar-refractivity contribution >= 4 is 40.4 Å². The lowest BCUT2D eigenvalue weighted by Gasteiger charge is -2.08. The van der Waals surface area contributed by atoms with Crippen LogP contribution in [0, 0.1) is 3.57 Å². The van der Waals surface area contributed by atoms with Gasteiger partial charge in [0, 0.05) is 11.8 Å². The number of nitrogens with zero attached hydrogens (tertiary/aromatic N) is 1. The summed E-state index contributed by atoms with van der Waals surface area (Å²) >= 11 is 2.00. The predicted octanol–water partition coefficient (Wildman–Crippen LogP) is 2.69. The molecule has 2 aromatic carbocycles. The molecule has 0 spiro atoms. The highest BCUT2D eigenvalue weighted by Crippen LogP contribution is 2.34. The molecule has 0 aliphatic carbocycles. The van der Waals surface area contributed by atoms with Crippen molar-refractivity contribution in [2.24, 2.45) is 5.10 Å². The van der Waals surface area contributed by atoms with Gasteiger partial charge in [0.25, 0.3) is 5.91 Å². The number of hydrazone groups is 1. The number of halogens is 1. The normalized spacial score (nSPS) is 12.2. The highest BCUT2D eigenvalue weighted by molar-refractivity contribution is 14.1. The summed E-state index contributed by atoms with van der Waals surface area (Å²) in [7, 11) is 0. The van der Waals surface area contributed by atoms with Gasteiger partial charge in [-0.3, -0.25) is 4.79 Å². The first-order valence-corrected chi connectivity index (χ1v) is 9.25. The summed E-state index contributed by atoms with van der Waals surface area (Å²) in [4.78, 5) is 11.9. The van der Waals surface area contributed by atoms with E-state index in [1.165, 1.54) is 6.21 Å². The first-order chi connectivity index (χ1) is 13.1. The number of hydrogen-bond acceptors (Lipinski definition) is 7. The Morgan fingerprint density at radius 2 is 2.15 bits per heavy atom. The molecule has 3 rings (SSSR count). The zero-order chi connectivity index (χ0) is 19.2. The van der Waals surface area contributed by atoms with Crippen molar-refractivity contribution in [3.05, 3.63) is 39.5 Å². The van der Waals surface area contributed by atoms with Crippen LogP contribution < -0.4 is 25.0 Å². The molecule has 0 bridgehead atoms. The molecule has 1 heterocycles. The maximum atomic E-state index is 11.9. The Kier molecular flexibility index (Phi) is 6.22. The summed E-state index contributed by atoms with van der Waals surface area (Å²) in [6.07, 6.45) is 1.49. The van der Waals surface area contributed by atoms with Gasteiger partial charge in [0.15, 0.2) is 23.0 Å². The number of amides is 1. The van der Waals surface area contributed by atoms with E-state index >= 15 is 0 Å². The average Bonchev–Trinajstić information content (AvgIpc) is 3.12. The number of hydrogen-bond donors (Lipinski definition) is 3. The smallest absolute Gasteiger partial charge is 0.259 e. The van der Waals surface area contributed by atoms with E-state index in [1.807, 2.05) is 29.5 Å². The van der Waals surface area contributed by atoms with Gasteiger partial charge in [-0.25, -0.2) is 5.43 Å². The van der Waals surface area contributed by atoms with Crippen molar-refractivity contribution < 1.29 is 24.1 Å². The molecule has 27 heavy (non-hydrogen) atoms. The standard InChI is InChI=1S/C18H18IN3O5/c1-2-25-16-6-11(5-13(19)18(16)24)8-21-22-17(23)9-20-12-3-4-14-15(7-12)27-10-26-14/h3-8,20,24H,2,9-10H2,1H3,(H,22,23). The zero-order valence-corrected chi connectivity index (χ0v) is 16.6. The number of anilines is 1. The summed E-state index contributed by atoms with van der Waals surface area (Å²) < 4.78 is 16.5. The summed E-state index contributed by atoms with van der Waals surface area (Å²) in [6, 6.07) is 8.74. The minimum absolute atomic E-state index is 0.0499.